The van der Waals surface area contributed by atoms with Gasteiger partial charge in [0.1, 0.15) is 0 Å². The minimum atomic E-state index is 0.119. The summed E-state index contributed by atoms with van der Waals surface area (Å²) < 4.78 is 0. The van der Waals surface area contributed by atoms with Gasteiger partial charge in [-0.25, -0.2) is 0 Å². The molecule has 1 aliphatic carbocycles. The van der Waals surface area contributed by atoms with E-state index in [0.717, 1.165) is 0 Å². The molecule has 1 aromatic rings. The molecule has 1 amide bonds. The lowest BCUT2D eigenvalue weighted by atomic mass is 10.0. The molecule has 0 aliphatic heterocycles. The van der Waals surface area contributed by atoms with Crippen molar-refractivity contribution in [1.82, 2.24) is 5.32 Å². The molecule has 2 heteroatoms. The Hall–Kier alpha value is -1.31. The highest BCUT2D eigenvalue weighted by atomic mass is 16.1. The molecule has 2 nitrogen and oxygen atoms in total. The molecule has 1 aromatic carbocycles. The van der Waals surface area contributed by atoms with Crippen LogP contribution in [0.25, 0.3) is 0 Å². The van der Waals surface area contributed by atoms with Crippen molar-refractivity contribution in [2.24, 2.45) is 0 Å². The van der Waals surface area contributed by atoms with E-state index in [0.29, 0.717) is 6.42 Å². The fourth-order valence-electron chi connectivity index (χ4n) is 2.29. The van der Waals surface area contributed by atoms with Crippen molar-refractivity contribution in [3.63, 3.8) is 0 Å². The summed E-state index contributed by atoms with van der Waals surface area (Å²) in [4.78, 5) is 11.3. The van der Waals surface area contributed by atoms with Crippen LogP contribution in [-0.4, -0.2) is 5.91 Å². The van der Waals surface area contributed by atoms with Gasteiger partial charge in [-0.2, -0.15) is 0 Å². The molecule has 0 bridgehead atoms. The first kappa shape index (κ1) is 11.2. The molecule has 2 rings (SSSR count). The fraction of sp³-hybridized carbons (Fsp3) is 0.500. The maximum absolute atomic E-state index is 11.3. The minimum absolute atomic E-state index is 0.119. The Morgan fingerprint density at radius 2 is 2.12 bits per heavy atom. The number of carbonyl (C=O) groups is 1. The number of hydrogen-bond donors (Lipinski definition) is 1. The summed E-state index contributed by atoms with van der Waals surface area (Å²) in [6.45, 7) is 3.93. The molecular formula is C14H19NO. The van der Waals surface area contributed by atoms with Gasteiger partial charge in [-0.3, -0.25) is 4.79 Å². The van der Waals surface area contributed by atoms with Crippen LogP contribution in [0.15, 0.2) is 18.2 Å². The van der Waals surface area contributed by atoms with Gasteiger partial charge in [0.15, 0.2) is 0 Å². The average molecular weight is 217 g/mol. The highest BCUT2D eigenvalue weighted by Crippen LogP contribution is 2.25. The number of carbonyl (C=O) groups excluding carboxylic acids is 1. The first-order chi connectivity index (χ1) is 7.70. The second-order valence-electron chi connectivity index (χ2n) is 4.52. The van der Waals surface area contributed by atoms with Gasteiger partial charge in [0, 0.05) is 6.42 Å². The number of amides is 1. The maximum Gasteiger partial charge on any atom is 0.220 e. The fourth-order valence-corrected chi connectivity index (χ4v) is 2.29. The first-order valence-corrected chi connectivity index (χ1v) is 6.11. The van der Waals surface area contributed by atoms with Gasteiger partial charge in [-0.1, -0.05) is 25.1 Å². The Bertz CT molecular complexity index is 398. The van der Waals surface area contributed by atoms with Gasteiger partial charge in [-0.05, 0) is 42.9 Å². The molecule has 0 radical (unpaired) electrons. The number of rotatable bonds is 3. The first-order valence-electron chi connectivity index (χ1n) is 6.11. The van der Waals surface area contributed by atoms with Crippen LogP contribution in [0.2, 0.25) is 0 Å². The van der Waals surface area contributed by atoms with E-state index in [1.165, 1.54) is 36.0 Å². The van der Waals surface area contributed by atoms with E-state index in [2.05, 4.69) is 23.5 Å². The summed E-state index contributed by atoms with van der Waals surface area (Å²) >= 11 is 0. The van der Waals surface area contributed by atoms with Gasteiger partial charge < -0.3 is 5.32 Å². The van der Waals surface area contributed by atoms with Crippen LogP contribution in [0.4, 0.5) is 0 Å². The summed E-state index contributed by atoms with van der Waals surface area (Å²) in [6.07, 6.45) is 4.23. The van der Waals surface area contributed by atoms with Crippen molar-refractivity contribution in [3.8, 4) is 0 Å². The van der Waals surface area contributed by atoms with Crippen LogP contribution in [0.3, 0.4) is 0 Å². The standard InChI is InChI=1S/C14H19NO/c1-3-14(16)15-10(2)12-8-7-11-5-4-6-13(11)9-12/h7-10H,3-6H2,1-2H3,(H,15,16)/t10-/m0/s1. The predicted octanol–water partition coefficient (Wildman–Crippen LogP) is 2.76. The van der Waals surface area contributed by atoms with Gasteiger partial charge in [0.05, 0.1) is 6.04 Å². The molecule has 0 heterocycles. The second kappa shape index (κ2) is 4.69. The third-order valence-electron chi connectivity index (χ3n) is 3.32. The molecule has 0 fully saturated rings. The van der Waals surface area contributed by atoms with Crippen molar-refractivity contribution in [3.05, 3.63) is 34.9 Å². The van der Waals surface area contributed by atoms with Gasteiger partial charge in [0.25, 0.3) is 0 Å². The largest absolute Gasteiger partial charge is 0.350 e. The highest BCUT2D eigenvalue weighted by molar-refractivity contribution is 5.76. The van der Waals surface area contributed by atoms with Crippen molar-refractivity contribution in [2.45, 2.75) is 45.6 Å². The van der Waals surface area contributed by atoms with Crippen LogP contribution >= 0.6 is 0 Å². The van der Waals surface area contributed by atoms with E-state index < -0.39 is 0 Å². The zero-order valence-electron chi connectivity index (χ0n) is 10.0. The van der Waals surface area contributed by atoms with E-state index in [1.54, 1.807) is 0 Å². The maximum atomic E-state index is 11.3. The predicted molar refractivity (Wildman–Crippen MR) is 65.3 cm³/mol. The lowest BCUT2D eigenvalue weighted by Gasteiger charge is -2.15. The molecule has 0 aromatic heterocycles. The van der Waals surface area contributed by atoms with E-state index in [9.17, 15) is 4.79 Å². The van der Waals surface area contributed by atoms with Gasteiger partial charge >= 0.3 is 0 Å². The summed E-state index contributed by atoms with van der Waals surface area (Å²) in [5.41, 5.74) is 4.18. The Labute approximate surface area is 97.1 Å². The smallest absolute Gasteiger partial charge is 0.220 e. The lowest BCUT2D eigenvalue weighted by Crippen LogP contribution is -2.25. The van der Waals surface area contributed by atoms with Crippen molar-refractivity contribution >= 4 is 5.91 Å². The summed E-state index contributed by atoms with van der Waals surface area (Å²) in [5, 5.41) is 3.00. The normalized spacial score (nSPS) is 15.6. The average Bonchev–Trinajstić information content (AvgIpc) is 2.75. The SMILES string of the molecule is CCC(=O)N[C@@H](C)c1ccc2c(c1)CCC2. The van der Waals surface area contributed by atoms with Crippen molar-refractivity contribution < 1.29 is 4.79 Å². The number of fused-ring (bicyclic) bond motifs is 1. The van der Waals surface area contributed by atoms with E-state index in [1.807, 2.05) is 13.8 Å². The third-order valence-corrected chi connectivity index (χ3v) is 3.32. The number of aryl methyl sites for hydroxylation is 2. The monoisotopic (exact) mass is 217 g/mol. The Kier molecular flexibility index (Phi) is 3.28. The molecule has 0 unspecified atom stereocenters. The molecule has 1 N–H and O–H groups in total. The molecule has 86 valence electrons. The van der Waals surface area contributed by atoms with Gasteiger partial charge in [-0.15, -0.1) is 0 Å². The summed E-state index contributed by atoms with van der Waals surface area (Å²) in [5.74, 6) is 0.119. The molecule has 0 spiro atoms. The number of hydrogen-bond acceptors (Lipinski definition) is 1. The molecule has 1 atom stereocenters. The second-order valence-corrected chi connectivity index (χ2v) is 4.52. The zero-order valence-corrected chi connectivity index (χ0v) is 10.0. The molecule has 0 saturated carbocycles. The van der Waals surface area contributed by atoms with Crippen molar-refractivity contribution in [2.75, 3.05) is 0 Å². The summed E-state index contributed by atoms with van der Waals surface area (Å²) in [6, 6.07) is 6.73. The lowest BCUT2D eigenvalue weighted by molar-refractivity contribution is -0.121. The quantitative estimate of drug-likeness (QED) is 0.828. The third kappa shape index (κ3) is 2.26. The van der Waals surface area contributed by atoms with Crippen LogP contribution in [-0.2, 0) is 17.6 Å². The van der Waals surface area contributed by atoms with Crippen LogP contribution in [0.5, 0.6) is 0 Å². The highest BCUT2D eigenvalue weighted by Gasteiger charge is 2.14. The van der Waals surface area contributed by atoms with E-state index in [4.69, 9.17) is 0 Å². The summed E-state index contributed by atoms with van der Waals surface area (Å²) in [7, 11) is 0. The Morgan fingerprint density at radius 1 is 1.38 bits per heavy atom. The molecular weight excluding hydrogens is 198 g/mol. The molecule has 1 aliphatic rings. The molecule has 0 saturated heterocycles. The Balaban J connectivity index is 2.12. The number of benzene rings is 1. The minimum Gasteiger partial charge on any atom is -0.350 e. The molecule has 16 heavy (non-hydrogen) atoms. The topological polar surface area (TPSA) is 29.1 Å². The Morgan fingerprint density at radius 3 is 2.88 bits per heavy atom. The van der Waals surface area contributed by atoms with Crippen LogP contribution in [0, 0.1) is 0 Å². The zero-order chi connectivity index (χ0) is 11.5. The number of nitrogens with one attached hydrogen (secondary N) is 1. The van der Waals surface area contributed by atoms with Crippen LogP contribution in [0.1, 0.15) is 49.4 Å². The van der Waals surface area contributed by atoms with E-state index >= 15 is 0 Å². The van der Waals surface area contributed by atoms with E-state index in [-0.39, 0.29) is 11.9 Å². The van der Waals surface area contributed by atoms with Gasteiger partial charge in [0.2, 0.25) is 5.91 Å². The van der Waals surface area contributed by atoms with Crippen molar-refractivity contribution in [1.29, 1.82) is 0 Å². The van der Waals surface area contributed by atoms with Crippen LogP contribution < -0.4 is 5.32 Å².